The fraction of sp³-hybridized carbons (Fsp3) is 0.125. The molecule has 0 atom stereocenters. The summed E-state index contributed by atoms with van der Waals surface area (Å²) in [6, 6.07) is 8.13. The number of hydrogen-bond donors (Lipinski definition) is 0. The van der Waals surface area contributed by atoms with Crippen LogP contribution < -0.4 is 0 Å². The van der Waals surface area contributed by atoms with Crippen molar-refractivity contribution in [1.82, 2.24) is 4.98 Å². The first-order chi connectivity index (χ1) is 11.0. The Labute approximate surface area is 146 Å². The summed E-state index contributed by atoms with van der Waals surface area (Å²) >= 11 is 18.0. The third-order valence-corrected chi connectivity index (χ3v) is 4.33. The van der Waals surface area contributed by atoms with Crippen LogP contribution in [-0.4, -0.2) is 17.6 Å². The van der Waals surface area contributed by atoms with Crippen molar-refractivity contribution in [2.45, 2.75) is 6.92 Å². The first-order valence-electron chi connectivity index (χ1n) is 6.72. The molecule has 1 heterocycles. The molecule has 0 bridgehead atoms. The first-order valence-corrected chi connectivity index (χ1v) is 7.85. The van der Waals surface area contributed by atoms with Gasteiger partial charge >= 0.3 is 5.97 Å². The van der Waals surface area contributed by atoms with Gasteiger partial charge in [-0.05, 0) is 37.3 Å². The van der Waals surface area contributed by atoms with Crippen molar-refractivity contribution in [3.8, 4) is 11.5 Å². The molecule has 3 aromatic rings. The largest absolute Gasteiger partial charge is 0.462 e. The molecular formula is C16H10Cl3NO3. The van der Waals surface area contributed by atoms with Crippen molar-refractivity contribution in [3.63, 3.8) is 0 Å². The zero-order valence-corrected chi connectivity index (χ0v) is 14.2. The number of carbonyl (C=O) groups is 1. The predicted octanol–water partition coefficient (Wildman–Crippen LogP) is 5.63. The van der Waals surface area contributed by atoms with Gasteiger partial charge in [-0.3, -0.25) is 0 Å². The molecule has 0 amide bonds. The Kier molecular flexibility index (Phi) is 4.48. The molecular weight excluding hydrogens is 361 g/mol. The Hall–Kier alpha value is -1.75. The normalized spacial score (nSPS) is 11.0. The fourth-order valence-corrected chi connectivity index (χ4v) is 2.67. The maximum atomic E-state index is 11.8. The Balaban J connectivity index is 2.05. The van der Waals surface area contributed by atoms with Gasteiger partial charge in [0, 0.05) is 5.56 Å². The molecule has 0 fully saturated rings. The van der Waals surface area contributed by atoms with Crippen LogP contribution in [-0.2, 0) is 4.74 Å². The SMILES string of the molecule is CCOC(=O)c1ccc2oc(-c3cc(Cl)c(Cl)c(Cl)c3)nc2c1. The summed E-state index contributed by atoms with van der Waals surface area (Å²) in [6.45, 7) is 2.06. The lowest BCUT2D eigenvalue weighted by atomic mass is 10.2. The Bertz CT molecular complexity index is 882. The van der Waals surface area contributed by atoms with Crippen LogP contribution in [0.4, 0.5) is 0 Å². The zero-order valence-electron chi connectivity index (χ0n) is 11.9. The van der Waals surface area contributed by atoms with Gasteiger partial charge in [-0.25, -0.2) is 9.78 Å². The van der Waals surface area contributed by atoms with E-state index in [1.807, 2.05) is 0 Å². The molecule has 0 saturated carbocycles. The van der Waals surface area contributed by atoms with E-state index in [1.165, 1.54) is 0 Å². The maximum absolute atomic E-state index is 11.8. The van der Waals surface area contributed by atoms with E-state index in [0.717, 1.165) is 0 Å². The molecule has 4 nitrogen and oxygen atoms in total. The molecule has 1 aromatic heterocycles. The third kappa shape index (κ3) is 3.15. The van der Waals surface area contributed by atoms with E-state index in [0.29, 0.717) is 44.8 Å². The topological polar surface area (TPSA) is 52.3 Å². The van der Waals surface area contributed by atoms with Gasteiger partial charge in [0.2, 0.25) is 5.89 Å². The summed E-state index contributed by atoms with van der Waals surface area (Å²) in [7, 11) is 0. The number of aromatic nitrogens is 1. The molecule has 3 rings (SSSR count). The summed E-state index contributed by atoms with van der Waals surface area (Å²) in [6.07, 6.45) is 0. The van der Waals surface area contributed by atoms with Gasteiger partial charge in [0.1, 0.15) is 5.52 Å². The minimum Gasteiger partial charge on any atom is -0.462 e. The van der Waals surface area contributed by atoms with Crippen LogP contribution >= 0.6 is 34.8 Å². The molecule has 0 radical (unpaired) electrons. The predicted molar refractivity (Wildman–Crippen MR) is 90.4 cm³/mol. The number of oxazole rings is 1. The second-order valence-corrected chi connectivity index (χ2v) is 5.87. The molecule has 0 spiro atoms. The van der Waals surface area contributed by atoms with E-state index in [-0.39, 0.29) is 5.02 Å². The van der Waals surface area contributed by atoms with E-state index >= 15 is 0 Å². The summed E-state index contributed by atoms with van der Waals surface area (Å²) in [5.41, 5.74) is 2.08. The number of rotatable bonds is 3. The summed E-state index contributed by atoms with van der Waals surface area (Å²) in [5, 5.41) is 0.894. The molecule has 0 aliphatic rings. The van der Waals surface area contributed by atoms with Crippen LogP contribution in [0.1, 0.15) is 17.3 Å². The van der Waals surface area contributed by atoms with E-state index in [2.05, 4.69) is 4.98 Å². The van der Waals surface area contributed by atoms with E-state index in [9.17, 15) is 4.79 Å². The van der Waals surface area contributed by atoms with Crippen molar-refractivity contribution >= 4 is 51.9 Å². The fourth-order valence-electron chi connectivity index (χ4n) is 2.07. The molecule has 0 saturated heterocycles. The van der Waals surface area contributed by atoms with Crippen molar-refractivity contribution in [3.05, 3.63) is 51.0 Å². The van der Waals surface area contributed by atoms with E-state index in [4.69, 9.17) is 44.0 Å². The summed E-state index contributed by atoms with van der Waals surface area (Å²) in [4.78, 5) is 16.1. The van der Waals surface area contributed by atoms with Crippen LogP contribution in [0.15, 0.2) is 34.7 Å². The Morgan fingerprint density at radius 3 is 2.52 bits per heavy atom. The van der Waals surface area contributed by atoms with Crippen molar-refractivity contribution in [1.29, 1.82) is 0 Å². The van der Waals surface area contributed by atoms with Crippen molar-refractivity contribution < 1.29 is 13.9 Å². The molecule has 7 heteroatoms. The number of nitrogens with zero attached hydrogens (tertiary/aromatic N) is 1. The van der Waals surface area contributed by atoms with E-state index in [1.54, 1.807) is 37.3 Å². The van der Waals surface area contributed by atoms with Crippen LogP contribution in [0.2, 0.25) is 15.1 Å². The highest BCUT2D eigenvalue weighted by Gasteiger charge is 2.15. The first kappa shape index (κ1) is 16.1. The molecule has 0 aliphatic carbocycles. The number of esters is 1. The highest BCUT2D eigenvalue weighted by molar-refractivity contribution is 6.48. The van der Waals surface area contributed by atoms with Crippen LogP contribution in [0.3, 0.4) is 0 Å². The second kappa shape index (κ2) is 6.40. The highest BCUT2D eigenvalue weighted by Crippen LogP contribution is 2.35. The number of hydrogen-bond acceptors (Lipinski definition) is 4. The Morgan fingerprint density at radius 2 is 1.87 bits per heavy atom. The van der Waals surface area contributed by atoms with Crippen molar-refractivity contribution in [2.24, 2.45) is 0 Å². The number of benzene rings is 2. The lowest BCUT2D eigenvalue weighted by Gasteiger charge is -2.01. The average Bonchev–Trinajstić information content (AvgIpc) is 2.95. The number of carbonyl (C=O) groups excluding carboxylic acids is 1. The molecule has 23 heavy (non-hydrogen) atoms. The number of halogens is 3. The minimum absolute atomic E-state index is 0.276. The van der Waals surface area contributed by atoms with Crippen LogP contribution in [0.25, 0.3) is 22.6 Å². The minimum atomic E-state index is -0.406. The van der Waals surface area contributed by atoms with Gasteiger partial charge in [0.25, 0.3) is 0 Å². The van der Waals surface area contributed by atoms with Gasteiger partial charge in [-0.15, -0.1) is 0 Å². The van der Waals surface area contributed by atoms with Crippen LogP contribution in [0, 0.1) is 0 Å². The number of ether oxygens (including phenoxy) is 1. The highest BCUT2D eigenvalue weighted by atomic mass is 35.5. The maximum Gasteiger partial charge on any atom is 0.338 e. The Morgan fingerprint density at radius 1 is 1.17 bits per heavy atom. The lowest BCUT2D eigenvalue weighted by Crippen LogP contribution is -2.03. The lowest BCUT2D eigenvalue weighted by molar-refractivity contribution is 0.0526. The standard InChI is InChI=1S/C16H10Cl3NO3/c1-2-22-16(21)8-3-4-13-12(7-8)20-15(23-13)9-5-10(17)14(19)11(18)6-9/h3-7H,2H2,1H3. The van der Waals surface area contributed by atoms with Gasteiger partial charge < -0.3 is 9.15 Å². The van der Waals surface area contributed by atoms with Gasteiger partial charge in [-0.1, -0.05) is 34.8 Å². The smallest absolute Gasteiger partial charge is 0.338 e. The average molecular weight is 371 g/mol. The van der Waals surface area contributed by atoms with Gasteiger partial charge in [0.05, 0.1) is 27.2 Å². The van der Waals surface area contributed by atoms with Crippen LogP contribution in [0.5, 0.6) is 0 Å². The third-order valence-electron chi connectivity index (χ3n) is 3.13. The number of fused-ring (bicyclic) bond motifs is 1. The van der Waals surface area contributed by atoms with Gasteiger partial charge in [-0.2, -0.15) is 0 Å². The molecule has 118 valence electrons. The second-order valence-electron chi connectivity index (χ2n) is 4.68. The quantitative estimate of drug-likeness (QED) is 0.443. The summed E-state index contributed by atoms with van der Waals surface area (Å²) < 4.78 is 10.6. The monoisotopic (exact) mass is 369 g/mol. The molecule has 2 aromatic carbocycles. The van der Waals surface area contributed by atoms with Crippen molar-refractivity contribution in [2.75, 3.05) is 6.61 Å². The molecule has 0 N–H and O–H groups in total. The molecule has 0 aliphatic heterocycles. The van der Waals surface area contributed by atoms with Gasteiger partial charge in [0.15, 0.2) is 5.58 Å². The van der Waals surface area contributed by atoms with E-state index < -0.39 is 5.97 Å². The summed E-state index contributed by atoms with van der Waals surface area (Å²) in [5.74, 6) is -0.0713. The molecule has 0 unspecified atom stereocenters. The zero-order chi connectivity index (χ0) is 16.6.